The van der Waals surface area contributed by atoms with Crippen molar-refractivity contribution in [3.63, 3.8) is 0 Å². The summed E-state index contributed by atoms with van der Waals surface area (Å²) in [5.41, 5.74) is 22.5. The maximum absolute atomic E-state index is 14.9. The third kappa shape index (κ3) is 8.46. The van der Waals surface area contributed by atoms with Crippen LogP contribution >= 0.6 is 0 Å². The molecule has 0 radical (unpaired) electrons. The second-order valence-corrected chi connectivity index (χ2v) is 20.5. The Balaban J connectivity index is 0.937. The number of aryl methyl sites for hydroxylation is 2. The van der Waals surface area contributed by atoms with Gasteiger partial charge in [0, 0.05) is 33.5 Å². The fourth-order valence-electron chi connectivity index (χ4n) is 12.0. The SMILES string of the molecule is C=Cc1ccc(Oc2ccc(C3(c4cc(C)ccc4C)c4ccccc4-c4ccc(N(c5ccc(F)cc5)c5ccc(-c6ccc7c(c6)c6cc(-c8ccc(C=C)cc8)ccc6n7-c6ccc(C=C)cc6)cc5)cc43)cc2)cc1. The molecule has 0 saturated carbocycles. The highest BCUT2D eigenvalue weighted by Crippen LogP contribution is 2.58. The number of halogens is 1. The quantitative estimate of drug-likeness (QED) is 0.115. The van der Waals surface area contributed by atoms with Gasteiger partial charge in [0.15, 0.2) is 0 Å². The molecule has 1 aromatic heterocycles. The lowest BCUT2D eigenvalue weighted by atomic mass is 9.66. The van der Waals surface area contributed by atoms with E-state index in [1.165, 1.54) is 44.3 Å². The summed E-state index contributed by atoms with van der Waals surface area (Å²) < 4.78 is 23.7. The molecule has 12 aromatic rings. The molecule has 0 amide bonds. The normalized spacial score (nSPS) is 13.5. The summed E-state index contributed by atoms with van der Waals surface area (Å²) in [5, 5.41) is 2.33. The first-order chi connectivity index (χ1) is 38.7. The van der Waals surface area contributed by atoms with E-state index in [1.807, 2.05) is 54.6 Å². The standard InChI is InChI=1S/C75H55FN2O/c1-6-51-15-21-54(22-16-51)56-25-43-73-68(46-56)69-47-57(26-44-74(69)78(73)62-31-17-52(7-2)18-32-62)55-23-33-60(34-24-55)77(61-35-29-59(76)30-36-61)63-37-42-67-66-11-9-10-12-70(66)75(72(67)48-63,71-45-49(4)13-14-50(71)5)58-27-40-65(41-28-58)79-64-38-19-53(8-3)20-39-64/h6-48H,1-3H2,4-5H3. The molecule has 0 saturated heterocycles. The highest BCUT2D eigenvalue weighted by atomic mass is 19.1. The van der Waals surface area contributed by atoms with Gasteiger partial charge in [0.25, 0.3) is 0 Å². The van der Waals surface area contributed by atoms with Crippen LogP contribution in [0.5, 0.6) is 11.5 Å². The Morgan fingerprint density at radius 3 is 1.52 bits per heavy atom. The summed E-state index contributed by atoms with van der Waals surface area (Å²) in [6.07, 6.45) is 5.58. The zero-order valence-electron chi connectivity index (χ0n) is 44.1. The molecule has 1 atom stereocenters. The lowest BCUT2D eigenvalue weighted by molar-refractivity contribution is 0.482. The Hall–Kier alpha value is -10.0. The smallest absolute Gasteiger partial charge is 0.127 e. The molecule has 1 aliphatic rings. The van der Waals surface area contributed by atoms with Crippen LogP contribution in [0.4, 0.5) is 21.5 Å². The van der Waals surface area contributed by atoms with Gasteiger partial charge in [0.05, 0.1) is 16.4 Å². The first-order valence-corrected chi connectivity index (χ1v) is 26.7. The van der Waals surface area contributed by atoms with Gasteiger partial charge < -0.3 is 14.2 Å². The van der Waals surface area contributed by atoms with Crippen molar-refractivity contribution in [1.29, 1.82) is 0 Å². The van der Waals surface area contributed by atoms with E-state index in [-0.39, 0.29) is 5.82 Å². The molecule has 1 aliphatic carbocycles. The summed E-state index contributed by atoms with van der Waals surface area (Å²) in [6.45, 7) is 16.2. The number of ether oxygens (including phenoxy) is 1. The van der Waals surface area contributed by atoms with E-state index in [0.29, 0.717) is 0 Å². The Kier molecular flexibility index (Phi) is 12.2. The molecule has 1 unspecified atom stereocenters. The minimum Gasteiger partial charge on any atom is -0.457 e. The molecular formula is C75H55FN2O. The van der Waals surface area contributed by atoms with Gasteiger partial charge in [-0.3, -0.25) is 0 Å². The topological polar surface area (TPSA) is 17.4 Å². The molecule has 79 heavy (non-hydrogen) atoms. The molecule has 0 bridgehead atoms. The van der Waals surface area contributed by atoms with Crippen LogP contribution in [0.3, 0.4) is 0 Å². The van der Waals surface area contributed by atoms with Crippen LogP contribution < -0.4 is 9.64 Å². The number of nitrogens with zero attached hydrogens (tertiary/aromatic N) is 2. The van der Waals surface area contributed by atoms with E-state index in [1.54, 1.807) is 12.1 Å². The number of aromatic nitrogens is 1. The monoisotopic (exact) mass is 1020 g/mol. The Morgan fingerprint density at radius 2 is 0.924 bits per heavy atom. The van der Waals surface area contributed by atoms with Gasteiger partial charge in [-0.25, -0.2) is 4.39 Å². The van der Waals surface area contributed by atoms with Crippen molar-refractivity contribution in [3.05, 3.63) is 318 Å². The summed E-state index contributed by atoms with van der Waals surface area (Å²) >= 11 is 0. The van der Waals surface area contributed by atoms with E-state index < -0.39 is 5.41 Å². The van der Waals surface area contributed by atoms with Crippen molar-refractivity contribution in [2.24, 2.45) is 0 Å². The zero-order valence-corrected chi connectivity index (χ0v) is 44.1. The lowest BCUT2D eigenvalue weighted by Gasteiger charge is -2.36. The van der Waals surface area contributed by atoms with Crippen LogP contribution in [0, 0.1) is 19.7 Å². The molecule has 1 heterocycles. The third-order valence-corrected chi connectivity index (χ3v) is 15.9. The highest BCUT2D eigenvalue weighted by Gasteiger charge is 2.47. The highest BCUT2D eigenvalue weighted by molar-refractivity contribution is 6.11. The van der Waals surface area contributed by atoms with Crippen LogP contribution in [-0.4, -0.2) is 4.57 Å². The van der Waals surface area contributed by atoms with Crippen LogP contribution in [0.15, 0.2) is 262 Å². The van der Waals surface area contributed by atoms with Crippen LogP contribution in [-0.2, 0) is 5.41 Å². The van der Waals surface area contributed by atoms with Crippen molar-refractivity contribution in [2.45, 2.75) is 19.3 Å². The summed E-state index contributed by atoms with van der Waals surface area (Å²) in [7, 11) is 0. The van der Waals surface area contributed by atoms with Gasteiger partial charge in [0.1, 0.15) is 17.3 Å². The van der Waals surface area contributed by atoms with Gasteiger partial charge in [-0.15, -0.1) is 0 Å². The van der Waals surface area contributed by atoms with Gasteiger partial charge >= 0.3 is 0 Å². The fourth-order valence-corrected chi connectivity index (χ4v) is 12.0. The van der Waals surface area contributed by atoms with Crippen molar-refractivity contribution in [1.82, 2.24) is 4.57 Å². The maximum atomic E-state index is 14.9. The van der Waals surface area contributed by atoms with Crippen LogP contribution in [0.25, 0.3) is 79.1 Å². The van der Waals surface area contributed by atoms with Gasteiger partial charge in [0.2, 0.25) is 0 Å². The predicted molar refractivity (Wildman–Crippen MR) is 330 cm³/mol. The van der Waals surface area contributed by atoms with E-state index >= 15 is 0 Å². The molecule has 0 fully saturated rings. The average Bonchev–Trinajstić information content (AvgIpc) is 3.90. The second-order valence-electron chi connectivity index (χ2n) is 20.5. The predicted octanol–water partition coefficient (Wildman–Crippen LogP) is 20.4. The first-order valence-electron chi connectivity index (χ1n) is 26.7. The number of hydrogen-bond donors (Lipinski definition) is 0. The van der Waals surface area contributed by atoms with Crippen molar-refractivity contribution >= 4 is 57.1 Å². The second kappa shape index (κ2) is 19.8. The largest absolute Gasteiger partial charge is 0.457 e. The molecule has 4 heteroatoms. The molecular weight excluding hydrogens is 964 g/mol. The maximum Gasteiger partial charge on any atom is 0.127 e. The molecule has 0 N–H and O–H groups in total. The minimum absolute atomic E-state index is 0.290. The third-order valence-electron chi connectivity index (χ3n) is 15.9. The number of anilines is 3. The molecule has 11 aromatic carbocycles. The van der Waals surface area contributed by atoms with Crippen LogP contribution in [0.2, 0.25) is 0 Å². The number of benzene rings is 11. The van der Waals surface area contributed by atoms with Gasteiger partial charge in [-0.2, -0.15) is 0 Å². The van der Waals surface area contributed by atoms with E-state index in [2.05, 4.69) is 237 Å². The molecule has 3 nitrogen and oxygen atoms in total. The number of hydrogen-bond acceptors (Lipinski definition) is 2. The van der Waals surface area contributed by atoms with Gasteiger partial charge in [-0.05, 0) is 201 Å². The lowest BCUT2D eigenvalue weighted by Crippen LogP contribution is -2.30. The van der Waals surface area contributed by atoms with Crippen LogP contribution in [0.1, 0.15) is 50.1 Å². The van der Waals surface area contributed by atoms with Crippen molar-refractivity contribution in [2.75, 3.05) is 4.90 Å². The number of rotatable bonds is 13. The zero-order chi connectivity index (χ0) is 53.8. The van der Waals surface area contributed by atoms with E-state index in [0.717, 1.165) is 95.2 Å². The van der Waals surface area contributed by atoms with E-state index in [4.69, 9.17) is 4.74 Å². The Bertz CT molecular complexity index is 4320. The summed E-state index contributed by atoms with van der Waals surface area (Å²) in [4.78, 5) is 2.24. The number of fused-ring (bicyclic) bond motifs is 6. The summed E-state index contributed by atoms with van der Waals surface area (Å²) in [5.74, 6) is 1.22. The molecule has 378 valence electrons. The first kappa shape index (κ1) is 48.6. The Labute approximate surface area is 461 Å². The van der Waals surface area contributed by atoms with Crippen molar-refractivity contribution < 1.29 is 9.13 Å². The molecule has 0 aliphatic heterocycles. The average molecular weight is 1020 g/mol. The fraction of sp³-hybridized carbons (Fsp3) is 0.0400. The van der Waals surface area contributed by atoms with E-state index in [9.17, 15) is 4.39 Å². The molecule has 13 rings (SSSR count). The van der Waals surface area contributed by atoms with Crippen molar-refractivity contribution in [3.8, 4) is 50.6 Å². The van der Waals surface area contributed by atoms with Gasteiger partial charge in [-0.1, -0.05) is 177 Å². The molecule has 0 spiro atoms. The minimum atomic E-state index is -0.700. The summed E-state index contributed by atoms with van der Waals surface area (Å²) in [6, 6.07) is 85.3. The Morgan fingerprint density at radius 1 is 0.430 bits per heavy atom.